The lowest BCUT2D eigenvalue weighted by Crippen LogP contribution is -2.45. The molecule has 0 radical (unpaired) electrons. The number of hydrogen-bond acceptors (Lipinski definition) is 3. The molecular weight excluding hydrogens is 233 g/mol. The summed E-state index contributed by atoms with van der Waals surface area (Å²) < 4.78 is 18.6. The Balaban J connectivity index is 1.64. The Morgan fingerprint density at radius 2 is 2.17 bits per heavy atom. The molecular formula is C14H16FNO2. The van der Waals surface area contributed by atoms with Gasteiger partial charge in [-0.15, -0.1) is 0 Å². The van der Waals surface area contributed by atoms with Crippen LogP contribution in [-0.4, -0.2) is 17.3 Å². The van der Waals surface area contributed by atoms with Crippen molar-refractivity contribution in [3.8, 4) is 0 Å². The zero-order chi connectivity index (χ0) is 12.6. The summed E-state index contributed by atoms with van der Waals surface area (Å²) in [6, 6.07) is 6.31. The van der Waals surface area contributed by atoms with Crippen molar-refractivity contribution in [3.05, 3.63) is 35.8 Å². The van der Waals surface area contributed by atoms with Crippen LogP contribution in [0.5, 0.6) is 0 Å². The number of rotatable bonds is 4. The van der Waals surface area contributed by atoms with Gasteiger partial charge in [-0.3, -0.25) is 0 Å². The van der Waals surface area contributed by atoms with E-state index in [0.717, 1.165) is 30.4 Å². The SMILES string of the molecule is OC1(CNCc2cc3cc(F)ccc3o2)CCC1. The number of aliphatic hydroxyl groups is 1. The molecule has 2 aromatic rings. The molecule has 4 heteroatoms. The molecule has 0 saturated heterocycles. The van der Waals surface area contributed by atoms with Crippen LogP contribution in [0.3, 0.4) is 0 Å². The van der Waals surface area contributed by atoms with Crippen LogP contribution in [-0.2, 0) is 6.54 Å². The number of furan rings is 1. The van der Waals surface area contributed by atoms with E-state index >= 15 is 0 Å². The van der Waals surface area contributed by atoms with E-state index in [1.54, 1.807) is 6.07 Å². The molecule has 3 nitrogen and oxygen atoms in total. The van der Waals surface area contributed by atoms with Gasteiger partial charge in [-0.1, -0.05) is 0 Å². The molecule has 3 rings (SSSR count). The van der Waals surface area contributed by atoms with Crippen LogP contribution in [0, 0.1) is 5.82 Å². The van der Waals surface area contributed by atoms with E-state index in [1.807, 2.05) is 6.07 Å². The fourth-order valence-corrected chi connectivity index (χ4v) is 2.34. The van der Waals surface area contributed by atoms with Crippen molar-refractivity contribution in [2.45, 2.75) is 31.4 Å². The highest BCUT2D eigenvalue weighted by Crippen LogP contribution is 2.30. The second-order valence-electron chi connectivity index (χ2n) is 5.08. The lowest BCUT2D eigenvalue weighted by atomic mass is 9.80. The molecule has 2 N–H and O–H groups in total. The Kier molecular flexibility index (Phi) is 2.84. The van der Waals surface area contributed by atoms with Gasteiger partial charge in [-0.25, -0.2) is 4.39 Å². The van der Waals surface area contributed by atoms with Gasteiger partial charge in [-0.2, -0.15) is 0 Å². The highest BCUT2D eigenvalue weighted by molar-refractivity contribution is 5.77. The number of fused-ring (bicyclic) bond motifs is 1. The third-order valence-corrected chi connectivity index (χ3v) is 3.57. The summed E-state index contributed by atoms with van der Waals surface area (Å²) in [5, 5.41) is 13.9. The van der Waals surface area contributed by atoms with Crippen molar-refractivity contribution in [1.82, 2.24) is 5.32 Å². The van der Waals surface area contributed by atoms with Gasteiger partial charge in [0.1, 0.15) is 17.2 Å². The van der Waals surface area contributed by atoms with Crippen molar-refractivity contribution in [2.75, 3.05) is 6.54 Å². The van der Waals surface area contributed by atoms with Crippen LogP contribution in [0.4, 0.5) is 4.39 Å². The number of nitrogens with one attached hydrogen (secondary N) is 1. The lowest BCUT2D eigenvalue weighted by molar-refractivity contribution is -0.0317. The molecule has 1 heterocycles. The van der Waals surface area contributed by atoms with E-state index in [9.17, 15) is 9.50 Å². The minimum atomic E-state index is -0.530. The third kappa shape index (κ3) is 2.26. The average Bonchev–Trinajstić information content (AvgIpc) is 2.68. The molecule has 0 bridgehead atoms. The van der Waals surface area contributed by atoms with Crippen LogP contribution in [0.25, 0.3) is 11.0 Å². The molecule has 1 aliphatic rings. The first-order chi connectivity index (χ1) is 8.65. The number of benzene rings is 1. The summed E-state index contributed by atoms with van der Waals surface area (Å²) in [6.45, 7) is 1.14. The molecule has 0 unspecified atom stereocenters. The molecule has 0 atom stereocenters. The maximum absolute atomic E-state index is 13.0. The topological polar surface area (TPSA) is 45.4 Å². The summed E-state index contributed by atoms with van der Waals surface area (Å²) in [7, 11) is 0. The Morgan fingerprint density at radius 3 is 2.89 bits per heavy atom. The smallest absolute Gasteiger partial charge is 0.134 e. The van der Waals surface area contributed by atoms with E-state index < -0.39 is 5.60 Å². The summed E-state index contributed by atoms with van der Waals surface area (Å²) >= 11 is 0. The van der Waals surface area contributed by atoms with E-state index in [4.69, 9.17) is 4.42 Å². The Labute approximate surface area is 105 Å². The van der Waals surface area contributed by atoms with E-state index in [0.29, 0.717) is 18.7 Å². The van der Waals surface area contributed by atoms with E-state index in [1.165, 1.54) is 12.1 Å². The summed E-state index contributed by atoms with van der Waals surface area (Å²) in [4.78, 5) is 0. The van der Waals surface area contributed by atoms with E-state index in [-0.39, 0.29) is 5.82 Å². The number of halogens is 1. The van der Waals surface area contributed by atoms with Crippen LogP contribution in [0.1, 0.15) is 25.0 Å². The first-order valence-electron chi connectivity index (χ1n) is 6.26. The molecule has 1 saturated carbocycles. The van der Waals surface area contributed by atoms with Crippen LogP contribution < -0.4 is 5.32 Å². The van der Waals surface area contributed by atoms with Gasteiger partial charge in [-0.05, 0) is 43.5 Å². The number of hydrogen-bond donors (Lipinski definition) is 2. The van der Waals surface area contributed by atoms with Crippen molar-refractivity contribution in [3.63, 3.8) is 0 Å². The summed E-state index contributed by atoms with van der Waals surface area (Å²) in [6.07, 6.45) is 2.83. The second-order valence-corrected chi connectivity index (χ2v) is 5.08. The highest BCUT2D eigenvalue weighted by atomic mass is 19.1. The van der Waals surface area contributed by atoms with Gasteiger partial charge in [0, 0.05) is 11.9 Å². The van der Waals surface area contributed by atoms with Gasteiger partial charge in [0.25, 0.3) is 0 Å². The predicted molar refractivity (Wildman–Crippen MR) is 66.7 cm³/mol. The van der Waals surface area contributed by atoms with Gasteiger partial charge in [0.15, 0.2) is 0 Å². The van der Waals surface area contributed by atoms with Gasteiger partial charge >= 0.3 is 0 Å². The summed E-state index contributed by atoms with van der Waals surface area (Å²) in [5.74, 6) is 0.505. The van der Waals surface area contributed by atoms with Crippen LogP contribution in [0.15, 0.2) is 28.7 Å². The maximum Gasteiger partial charge on any atom is 0.134 e. The standard InChI is InChI=1S/C14H16FNO2/c15-11-2-3-13-10(6-11)7-12(18-13)8-16-9-14(17)4-1-5-14/h2-3,6-7,16-17H,1,4-5,8-9H2. The van der Waals surface area contributed by atoms with Gasteiger partial charge in [0.05, 0.1) is 12.1 Å². The summed E-state index contributed by atoms with van der Waals surface area (Å²) in [5.41, 5.74) is 0.161. The Bertz CT molecular complexity index is 560. The fourth-order valence-electron chi connectivity index (χ4n) is 2.34. The minimum Gasteiger partial charge on any atom is -0.460 e. The zero-order valence-corrected chi connectivity index (χ0v) is 10.1. The quantitative estimate of drug-likeness (QED) is 0.875. The molecule has 0 spiro atoms. The molecule has 18 heavy (non-hydrogen) atoms. The normalized spacial score (nSPS) is 17.9. The lowest BCUT2D eigenvalue weighted by Gasteiger charge is -2.36. The minimum absolute atomic E-state index is 0.258. The third-order valence-electron chi connectivity index (χ3n) is 3.57. The molecule has 1 aromatic carbocycles. The maximum atomic E-state index is 13.0. The second kappa shape index (κ2) is 4.37. The van der Waals surface area contributed by atoms with Gasteiger partial charge in [0.2, 0.25) is 0 Å². The monoisotopic (exact) mass is 249 g/mol. The fraction of sp³-hybridized carbons (Fsp3) is 0.429. The van der Waals surface area contributed by atoms with Crippen LogP contribution >= 0.6 is 0 Å². The Hall–Kier alpha value is -1.39. The average molecular weight is 249 g/mol. The van der Waals surface area contributed by atoms with Crippen molar-refractivity contribution in [2.24, 2.45) is 0 Å². The first-order valence-corrected chi connectivity index (χ1v) is 6.26. The Morgan fingerprint density at radius 1 is 1.33 bits per heavy atom. The predicted octanol–water partition coefficient (Wildman–Crippen LogP) is 2.58. The first kappa shape index (κ1) is 11.7. The highest BCUT2D eigenvalue weighted by Gasteiger charge is 2.33. The molecule has 96 valence electrons. The largest absolute Gasteiger partial charge is 0.460 e. The zero-order valence-electron chi connectivity index (χ0n) is 10.1. The molecule has 0 amide bonds. The van der Waals surface area contributed by atoms with Crippen molar-refractivity contribution < 1.29 is 13.9 Å². The molecule has 0 aliphatic heterocycles. The van der Waals surface area contributed by atoms with Crippen LogP contribution in [0.2, 0.25) is 0 Å². The molecule has 1 fully saturated rings. The van der Waals surface area contributed by atoms with E-state index in [2.05, 4.69) is 5.32 Å². The molecule has 1 aliphatic carbocycles. The van der Waals surface area contributed by atoms with Crippen molar-refractivity contribution in [1.29, 1.82) is 0 Å². The van der Waals surface area contributed by atoms with Gasteiger partial charge < -0.3 is 14.8 Å². The molecule has 1 aromatic heterocycles. The van der Waals surface area contributed by atoms with Crippen molar-refractivity contribution >= 4 is 11.0 Å².